The normalized spacial score (nSPS) is 14.5. The second-order valence-electron chi connectivity index (χ2n) is 7.16. The molecule has 2 heterocycles. The lowest BCUT2D eigenvalue weighted by molar-refractivity contribution is -0.137. The van der Waals surface area contributed by atoms with Crippen LogP contribution in [0.2, 0.25) is 5.02 Å². The second-order valence-corrected chi connectivity index (χ2v) is 7.57. The fourth-order valence-electron chi connectivity index (χ4n) is 3.49. The van der Waals surface area contributed by atoms with Crippen LogP contribution in [0.15, 0.2) is 47.3 Å². The number of hydrogen-bond acceptors (Lipinski definition) is 4. The van der Waals surface area contributed by atoms with E-state index < -0.39 is 11.7 Å². The molecule has 0 aliphatic carbocycles. The number of benzene rings is 2. The molecule has 0 radical (unpaired) electrons. The maximum Gasteiger partial charge on any atom is 0.416 e. The molecule has 5 nitrogen and oxygen atoms in total. The topological polar surface area (TPSA) is 69.2 Å². The number of H-pyrrole nitrogens is 1. The standard InChI is InChI=1S/C21H17ClF3N3O2/c22-16-9-12(1-6-18(16)29)10-28-8-7-15-17(11-28)26-19(27-20(15)30)13-2-4-14(5-3-13)21(23,24)25/h1-6,9,29H,7-8,10-11H2,(H,26,27,30). The molecule has 9 heteroatoms. The van der Waals surface area contributed by atoms with Crippen molar-refractivity contribution in [2.75, 3.05) is 6.54 Å². The van der Waals surface area contributed by atoms with E-state index in [2.05, 4.69) is 14.9 Å². The SMILES string of the molecule is O=c1[nH]c(-c2ccc(C(F)(F)F)cc2)nc2c1CCN(Cc1ccc(O)c(Cl)c1)C2. The van der Waals surface area contributed by atoms with Gasteiger partial charge in [-0.2, -0.15) is 13.2 Å². The van der Waals surface area contributed by atoms with Crippen molar-refractivity contribution in [2.24, 2.45) is 0 Å². The van der Waals surface area contributed by atoms with Crippen LogP contribution < -0.4 is 5.56 Å². The van der Waals surface area contributed by atoms with Crippen molar-refractivity contribution in [2.45, 2.75) is 25.7 Å². The lowest BCUT2D eigenvalue weighted by atomic mass is 10.0. The van der Waals surface area contributed by atoms with Gasteiger partial charge in [-0.1, -0.05) is 29.8 Å². The van der Waals surface area contributed by atoms with Crippen LogP contribution in [0.5, 0.6) is 5.75 Å². The zero-order valence-corrected chi connectivity index (χ0v) is 16.4. The first-order valence-corrected chi connectivity index (χ1v) is 9.58. The van der Waals surface area contributed by atoms with Gasteiger partial charge in [0, 0.05) is 30.8 Å². The molecular weight excluding hydrogens is 419 g/mol. The highest BCUT2D eigenvalue weighted by molar-refractivity contribution is 6.32. The molecule has 156 valence electrons. The smallest absolute Gasteiger partial charge is 0.416 e. The fraction of sp³-hybridized carbons (Fsp3) is 0.238. The minimum Gasteiger partial charge on any atom is -0.506 e. The Morgan fingerprint density at radius 3 is 2.57 bits per heavy atom. The molecule has 0 bridgehead atoms. The van der Waals surface area contributed by atoms with Crippen molar-refractivity contribution < 1.29 is 18.3 Å². The number of alkyl halides is 3. The van der Waals surface area contributed by atoms with Crippen LogP contribution in [0, 0.1) is 0 Å². The molecule has 30 heavy (non-hydrogen) atoms. The van der Waals surface area contributed by atoms with E-state index in [-0.39, 0.29) is 22.2 Å². The maximum atomic E-state index is 12.8. The van der Waals surface area contributed by atoms with Crippen molar-refractivity contribution in [1.29, 1.82) is 0 Å². The molecular formula is C21H17ClF3N3O2. The van der Waals surface area contributed by atoms with E-state index in [9.17, 15) is 23.1 Å². The number of nitrogens with zero attached hydrogens (tertiary/aromatic N) is 2. The summed E-state index contributed by atoms with van der Waals surface area (Å²) >= 11 is 5.96. The second kappa shape index (κ2) is 7.77. The molecule has 0 fully saturated rings. The number of aromatic amines is 1. The molecule has 0 spiro atoms. The maximum absolute atomic E-state index is 12.8. The van der Waals surface area contributed by atoms with Crippen LogP contribution in [0.1, 0.15) is 22.4 Å². The first-order chi connectivity index (χ1) is 14.2. The molecule has 0 saturated heterocycles. The fourth-order valence-corrected chi connectivity index (χ4v) is 3.69. The van der Waals surface area contributed by atoms with Crippen molar-refractivity contribution in [3.63, 3.8) is 0 Å². The average molecular weight is 436 g/mol. The van der Waals surface area contributed by atoms with Crippen molar-refractivity contribution in [3.05, 3.63) is 80.2 Å². The number of aromatic nitrogens is 2. The third-order valence-corrected chi connectivity index (χ3v) is 5.36. The lowest BCUT2D eigenvalue weighted by Gasteiger charge is -2.27. The summed E-state index contributed by atoms with van der Waals surface area (Å²) in [7, 11) is 0. The number of phenols is 1. The van der Waals surface area contributed by atoms with Crippen LogP contribution in [-0.4, -0.2) is 26.5 Å². The lowest BCUT2D eigenvalue weighted by Crippen LogP contribution is -2.35. The minimum absolute atomic E-state index is 0.0128. The van der Waals surface area contributed by atoms with Gasteiger partial charge in [-0.15, -0.1) is 0 Å². The number of aromatic hydroxyl groups is 1. The van der Waals surface area contributed by atoms with E-state index >= 15 is 0 Å². The average Bonchev–Trinajstić information content (AvgIpc) is 2.70. The summed E-state index contributed by atoms with van der Waals surface area (Å²) in [6, 6.07) is 9.52. The van der Waals surface area contributed by atoms with Crippen molar-refractivity contribution >= 4 is 11.6 Å². The van der Waals surface area contributed by atoms with E-state index in [0.717, 1.165) is 17.7 Å². The van der Waals surface area contributed by atoms with Gasteiger partial charge >= 0.3 is 6.18 Å². The Kier molecular flexibility index (Phi) is 5.29. The molecule has 2 aromatic carbocycles. The van der Waals surface area contributed by atoms with Gasteiger partial charge in [-0.05, 0) is 36.2 Å². The number of rotatable bonds is 3. The van der Waals surface area contributed by atoms with E-state index in [0.29, 0.717) is 42.9 Å². The summed E-state index contributed by atoms with van der Waals surface area (Å²) in [6.07, 6.45) is -3.91. The number of halogens is 4. The van der Waals surface area contributed by atoms with Gasteiger partial charge in [0.1, 0.15) is 11.6 Å². The molecule has 1 aliphatic rings. The predicted molar refractivity (Wildman–Crippen MR) is 106 cm³/mol. The Labute approximate surface area is 174 Å². The van der Waals surface area contributed by atoms with Crippen LogP contribution in [0.25, 0.3) is 11.4 Å². The summed E-state index contributed by atoms with van der Waals surface area (Å²) in [5.41, 5.74) is 1.47. The third-order valence-electron chi connectivity index (χ3n) is 5.06. The highest BCUT2D eigenvalue weighted by atomic mass is 35.5. The van der Waals surface area contributed by atoms with Gasteiger partial charge < -0.3 is 10.1 Å². The highest BCUT2D eigenvalue weighted by Crippen LogP contribution is 2.30. The zero-order chi connectivity index (χ0) is 21.5. The Morgan fingerprint density at radius 1 is 1.17 bits per heavy atom. The number of phenolic OH excluding ortho intramolecular Hbond substituents is 1. The first kappa shape index (κ1) is 20.4. The van der Waals surface area contributed by atoms with Gasteiger partial charge in [0.05, 0.1) is 16.3 Å². The Balaban J connectivity index is 1.58. The highest BCUT2D eigenvalue weighted by Gasteiger charge is 2.30. The summed E-state index contributed by atoms with van der Waals surface area (Å²) in [6.45, 7) is 1.63. The Hall–Kier alpha value is -2.84. The van der Waals surface area contributed by atoms with E-state index in [1.165, 1.54) is 18.2 Å². The molecule has 0 amide bonds. The third kappa shape index (κ3) is 4.20. The van der Waals surface area contributed by atoms with Crippen LogP contribution >= 0.6 is 11.6 Å². The Bertz CT molecular complexity index is 1140. The van der Waals surface area contributed by atoms with Crippen molar-refractivity contribution in [3.8, 4) is 17.1 Å². The number of nitrogens with one attached hydrogen (secondary N) is 1. The Morgan fingerprint density at radius 2 is 1.90 bits per heavy atom. The number of hydrogen-bond donors (Lipinski definition) is 2. The van der Waals surface area contributed by atoms with Crippen LogP contribution in [0.4, 0.5) is 13.2 Å². The summed E-state index contributed by atoms with van der Waals surface area (Å²) < 4.78 is 38.3. The molecule has 1 aromatic heterocycles. The molecule has 3 aromatic rings. The van der Waals surface area contributed by atoms with Crippen LogP contribution in [-0.2, 0) is 25.7 Å². The number of fused-ring (bicyclic) bond motifs is 1. The largest absolute Gasteiger partial charge is 0.506 e. The first-order valence-electron chi connectivity index (χ1n) is 9.20. The molecule has 0 saturated carbocycles. The molecule has 4 rings (SSSR count). The predicted octanol–water partition coefficient (Wildman–Crippen LogP) is 4.37. The summed E-state index contributed by atoms with van der Waals surface area (Å²) in [4.78, 5) is 21.8. The van der Waals surface area contributed by atoms with Crippen LogP contribution in [0.3, 0.4) is 0 Å². The molecule has 1 aliphatic heterocycles. The summed E-state index contributed by atoms with van der Waals surface area (Å²) in [5.74, 6) is 0.251. The van der Waals surface area contributed by atoms with Gasteiger partial charge in [-0.3, -0.25) is 9.69 Å². The molecule has 2 N–H and O–H groups in total. The van der Waals surface area contributed by atoms with E-state index in [1.54, 1.807) is 12.1 Å². The van der Waals surface area contributed by atoms with Gasteiger partial charge in [0.25, 0.3) is 5.56 Å². The van der Waals surface area contributed by atoms with Gasteiger partial charge in [0.2, 0.25) is 0 Å². The van der Waals surface area contributed by atoms with E-state index in [1.807, 2.05) is 0 Å². The zero-order valence-electron chi connectivity index (χ0n) is 15.6. The monoisotopic (exact) mass is 435 g/mol. The van der Waals surface area contributed by atoms with E-state index in [4.69, 9.17) is 11.6 Å². The molecule has 0 unspecified atom stereocenters. The molecule has 0 atom stereocenters. The van der Waals surface area contributed by atoms with Gasteiger partial charge in [0.15, 0.2) is 0 Å². The van der Waals surface area contributed by atoms with Gasteiger partial charge in [-0.25, -0.2) is 4.98 Å². The minimum atomic E-state index is -4.42. The quantitative estimate of drug-likeness (QED) is 0.641. The summed E-state index contributed by atoms with van der Waals surface area (Å²) in [5, 5.41) is 9.82. The van der Waals surface area contributed by atoms with Crippen molar-refractivity contribution in [1.82, 2.24) is 14.9 Å².